The predicted molar refractivity (Wildman–Crippen MR) is 63.5 cm³/mol. The predicted octanol–water partition coefficient (Wildman–Crippen LogP) is 2.72. The zero-order chi connectivity index (χ0) is 12.0. The zero-order valence-corrected chi connectivity index (χ0v) is 9.95. The summed E-state index contributed by atoms with van der Waals surface area (Å²) in [6.45, 7) is 5.21. The summed E-state index contributed by atoms with van der Waals surface area (Å²) in [5, 5.41) is 0. The number of ether oxygens (including phenoxy) is 1. The molecule has 0 heterocycles. The van der Waals surface area contributed by atoms with Gasteiger partial charge in [-0.3, -0.25) is 0 Å². The zero-order valence-electron chi connectivity index (χ0n) is 9.95. The quantitative estimate of drug-likeness (QED) is 0.808. The SMILES string of the molecule is CC(C)C[C@H](N)COCc1cccc(F)c1. The minimum Gasteiger partial charge on any atom is -0.375 e. The summed E-state index contributed by atoms with van der Waals surface area (Å²) >= 11 is 0. The minimum absolute atomic E-state index is 0.0635. The van der Waals surface area contributed by atoms with Gasteiger partial charge in [0.1, 0.15) is 5.82 Å². The third kappa shape index (κ3) is 5.24. The van der Waals surface area contributed by atoms with Crippen molar-refractivity contribution in [2.24, 2.45) is 11.7 Å². The number of hydrogen-bond donors (Lipinski definition) is 1. The van der Waals surface area contributed by atoms with E-state index in [2.05, 4.69) is 13.8 Å². The van der Waals surface area contributed by atoms with Crippen molar-refractivity contribution in [2.45, 2.75) is 32.9 Å². The van der Waals surface area contributed by atoms with Crippen molar-refractivity contribution in [3.05, 3.63) is 35.6 Å². The molecule has 0 saturated carbocycles. The van der Waals surface area contributed by atoms with E-state index < -0.39 is 0 Å². The molecule has 1 atom stereocenters. The van der Waals surface area contributed by atoms with E-state index >= 15 is 0 Å². The van der Waals surface area contributed by atoms with Crippen molar-refractivity contribution < 1.29 is 9.13 Å². The van der Waals surface area contributed by atoms with Crippen molar-refractivity contribution in [1.82, 2.24) is 0 Å². The molecule has 0 spiro atoms. The summed E-state index contributed by atoms with van der Waals surface area (Å²) in [5.41, 5.74) is 6.71. The second kappa shape index (κ2) is 6.61. The molecule has 0 radical (unpaired) electrons. The van der Waals surface area contributed by atoms with Crippen LogP contribution < -0.4 is 5.73 Å². The van der Waals surface area contributed by atoms with Crippen LogP contribution in [0.2, 0.25) is 0 Å². The fourth-order valence-electron chi connectivity index (χ4n) is 1.63. The molecule has 90 valence electrons. The normalized spacial score (nSPS) is 13.1. The van der Waals surface area contributed by atoms with E-state index in [0.29, 0.717) is 19.1 Å². The molecule has 0 aromatic heterocycles. The summed E-state index contributed by atoms with van der Waals surface area (Å²) in [5.74, 6) is 0.348. The molecule has 2 N–H and O–H groups in total. The molecule has 0 aliphatic carbocycles. The Morgan fingerprint density at radius 3 is 2.75 bits per heavy atom. The molecule has 0 aliphatic rings. The van der Waals surface area contributed by atoms with Crippen molar-refractivity contribution in [1.29, 1.82) is 0 Å². The van der Waals surface area contributed by atoms with Gasteiger partial charge in [0.05, 0.1) is 13.2 Å². The Balaban J connectivity index is 2.25. The summed E-state index contributed by atoms with van der Waals surface area (Å²) in [6.07, 6.45) is 0.948. The number of benzene rings is 1. The van der Waals surface area contributed by atoms with Crippen LogP contribution in [0.4, 0.5) is 4.39 Å². The number of rotatable bonds is 6. The van der Waals surface area contributed by atoms with Gasteiger partial charge in [-0.15, -0.1) is 0 Å². The molecule has 1 aromatic carbocycles. The van der Waals surface area contributed by atoms with Crippen LogP contribution in [0.3, 0.4) is 0 Å². The third-order valence-electron chi connectivity index (χ3n) is 2.26. The fraction of sp³-hybridized carbons (Fsp3) is 0.538. The molecule has 1 rings (SSSR count). The van der Waals surface area contributed by atoms with Crippen molar-refractivity contribution in [3.8, 4) is 0 Å². The van der Waals surface area contributed by atoms with Gasteiger partial charge < -0.3 is 10.5 Å². The molecule has 0 fully saturated rings. The van der Waals surface area contributed by atoms with Crippen LogP contribution in [0.1, 0.15) is 25.8 Å². The van der Waals surface area contributed by atoms with Crippen LogP contribution >= 0.6 is 0 Å². The maximum atomic E-state index is 12.8. The van der Waals surface area contributed by atoms with Gasteiger partial charge in [0.25, 0.3) is 0 Å². The average molecular weight is 225 g/mol. The van der Waals surface area contributed by atoms with Crippen LogP contribution in [-0.2, 0) is 11.3 Å². The highest BCUT2D eigenvalue weighted by molar-refractivity contribution is 5.15. The van der Waals surface area contributed by atoms with E-state index in [9.17, 15) is 4.39 Å². The maximum absolute atomic E-state index is 12.8. The number of halogens is 1. The van der Waals surface area contributed by atoms with Crippen LogP contribution in [0.5, 0.6) is 0 Å². The van der Waals surface area contributed by atoms with Crippen molar-refractivity contribution >= 4 is 0 Å². The largest absolute Gasteiger partial charge is 0.375 e. The monoisotopic (exact) mass is 225 g/mol. The maximum Gasteiger partial charge on any atom is 0.123 e. The van der Waals surface area contributed by atoms with E-state index in [0.717, 1.165) is 12.0 Å². The second-order valence-electron chi connectivity index (χ2n) is 4.53. The Hall–Kier alpha value is -0.930. The number of nitrogens with two attached hydrogens (primary N) is 1. The Morgan fingerprint density at radius 1 is 1.38 bits per heavy atom. The minimum atomic E-state index is -0.229. The lowest BCUT2D eigenvalue weighted by molar-refractivity contribution is 0.103. The molecule has 0 saturated heterocycles. The highest BCUT2D eigenvalue weighted by Gasteiger charge is 2.05. The molecule has 1 aromatic rings. The smallest absolute Gasteiger partial charge is 0.123 e. The first kappa shape index (κ1) is 13.1. The first-order valence-electron chi connectivity index (χ1n) is 5.65. The van der Waals surface area contributed by atoms with E-state index in [4.69, 9.17) is 10.5 Å². The van der Waals surface area contributed by atoms with E-state index in [-0.39, 0.29) is 11.9 Å². The van der Waals surface area contributed by atoms with Gasteiger partial charge in [0.15, 0.2) is 0 Å². The summed E-state index contributed by atoms with van der Waals surface area (Å²) in [6, 6.07) is 6.50. The fourth-order valence-corrected chi connectivity index (χ4v) is 1.63. The Bertz CT molecular complexity index is 315. The van der Waals surface area contributed by atoms with Crippen LogP contribution in [0.25, 0.3) is 0 Å². The molecular weight excluding hydrogens is 205 g/mol. The molecule has 0 amide bonds. The van der Waals surface area contributed by atoms with Crippen molar-refractivity contribution in [3.63, 3.8) is 0 Å². The van der Waals surface area contributed by atoms with E-state index in [1.54, 1.807) is 6.07 Å². The lowest BCUT2D eigenvalue weighted by Crippen LogP contribution is -2.27. The van der Waals surface area contributed by atoms with Crippen molar-refractivity contribution in [2.75, 3.05) is 6.61 Å². The van der Waals surface area contributed by atoms with Crippen LogP contribution in [-0.4, -0.2) is 12.6 Å². The molecule has 2 nitrogen and oxygen atoms in total. The van der Waals surface area contributed by atoms with Gasteiger partial charge in [-0.1, -0.05) is 26.0 Å². The molecule has 0 unspecified atom stereocenters. The first-order valence-corrected chi connectivity index (χ1v) is 5.65. The summed E-state index contributed by atoms with van der Waals surface area (Å²) in [7, 11) is 0. The first-order chi connectivity index (χ1) is 7.58. The Kier molecular flexibility index (Phi) is 5.43. The number of hydrogen-bond acceptors (Lipinski definition) is 2. The molecular formula is C13H20FNO. The Morgan fingerprint density at radius 2 is 2.12 bits per heavy atom. The third-order valence-corrected chi connectivity index (χ3v) is 2.26. The van der Waals surface area contributed by atoms with Gasteiger partial charge in [0, 0.05) is 6.04 Å². The highest BCUT2D eigenvalue weighted by atomic mass is 19.1. The average Bonchev–Trinajstić information content (AvgIpc) is 2.16. The highest BCUT2D eigenvalue weighted by Crippen LogP contribution is 2.07. The molecule has 0 aliphatic heterocycles. The van der Waals surface area contributed by atoms with Gasteiger partial charge >= 0.3 is 0 Å². The Labute approximate surface area is 96.6 Å². The van der Waals surface area contributed by atoms with Gasteiger partial charge in [-0.05, 0) is 30.0 Å². The molecule has 16 heavy (non-hydrogen) atoms. The van der Waals surface area contributed by atoms with E-state index in [1.807, 2.05) is 6.07 Å². The van der Waals surface area contributed by atoms with Gasteiger partial charge in [-0.25, -0.2) is 4.39 Å². The van der Waals surface area contributed by atoms with Crippen LogP contribution in [0.15, 0.2) is 24.3 Å². The molecule has 0 bridgehead atoms. The van der Waals surface area contributed by atoms with Gasteiger partial charge in [0.2, 0.25) is 0 Å². The lowest BCUT2D eigenvalue weighted by Gasteiger charge is -2.14. The topological polar surface area (TPSA) is 35.2 Å². The standard InChI is InChI=1S/C13H20FNO/c1-10(2)6-13(15)9-16-8-11-4-3-5-12(14)7-11/h3-5,7,10,13H,6,8-9,15H2,1-2H3/t13-/m0/s1. The van der Waals surface area contributed by atoms with E-state index in [1.165, 1.54) is 12.1 Å². The van der Waals surface area contributed by atoms with Gasteiger partial charge in [-0.2, -0.15) is 0 Å². The lowest BCUT2D eigenvalue weighted by atomic mass is 10.1. The summed E-state index contributed by atoms with van der Waals surface area (Å²) < 4.78 is 18.3. The van der Waals surface area contributed by atoms with Crippen LogP contribution in [0, 0.1) is 11.7 Å². The summed E-state index contributed by atoms with van der Waals surface area (Å²) in [4.78, 5) is 0. The molecule has 3 heteroatoms. The second-order valence-corrected chi connectivity index (χ2v) is 4.53.